The van der Waals surface area contributed by atoms with E-state index in [1.165, 1.54) is 0 Å². The minimum Gasteiger partial charge on any atom is -0.478 e. The molecule has 170 valence electrons. The first kappa shape index (κ1) is 23.5. The summed E-state index contributed by atoms with van der Waals surface area (Å²) in [7, 11) is 0. The van der Waals surface area contributed by atoms with Gasteiger partial charge in [-0.05, 0) is 29.8 Å². The number of nitrogens with zero attached hydrogens (tertiary/aromatic N) is 4. The summed E-state index contributed by atoms with van der Waals surface area (Å²) in [4.78, 5) is 26.0. The Labute approximate surface area is 189 Å². The van der Waals surface area contributed by atoms with Gasteiger partial charge in [0.25, 0.3) is 0 Å². The molecule has 2 aromatic heterocycles. The Bertz CT molecular complexity index is 1190. The number of pyridine rings is 1. The van der Waals surface area contributed by atoms with Crippen LogP contribution < -0.4 is 0 Å². The molecule has 1 saturated heterocycles. The predicted molar refractivity (Wildman–Crippen MR) is 118 cm³/mol. The summed E-state index contributed by atoms with van der Waals surface area (Å²) in [6, 6.07) is 11.4. The van der Waals surface area contributed by atoms with Crippen LogP contribution in [0, 0.1) is 11.3 Å². The highest BCUT2D eigenvalue weighted by molar-refractivity contribution is 5.95. The fourth-order valence-corrected chi connectivity index (χ4v) is 3.32. The van der Waals surface area contributed by atoms with E-state index in [0.717, 1.165) is 59.8 Å². The lowest BCUT2D eigenvalue weighted by atomic mass is 10.1. The molecule has 10 nitrogen and oxygen atoms in total. The van der Waals surface area contributed by atoms with Crippen LogP contribution in [-0.4, -0.2) is 68.3 Å². The van der Waals surface area contributed by atoms with Gasteiger partial charge in [0.2, 0.25) is 0 Å². The van der Waals surface area contributed by atoms with E-state index in [2.05, 4.69) is 22.0 Å². The van der Waals surface area contributed by atoms with Gasteiger partial charge in [-0.3, -0.25) is 9.88 Å². The molecule has 0 radical (unpaired) electrons. The van der Waals surface area contributed by atoms with Crippen LogP contribution in [0.1, 0.15) is 11.1 Å². The predicted octanol–water partition coefficient (Wildman–Crippen LogP) is 2.36. The molecule has 0 spiro atoms. The first-order chi connectivity index (χ1) is 15.9. The average molecular weight is 450 g/mol. The maximum absolute atomic E-state index is 10.1. The minimum absolute atomic E-state index is 0.558. The van der Waals surface area contributed by atoms with E-state index < -0.39 is 11.9 Å². The topological polar surface area (TPSA) is 149 Å². The van der Waals surface area contributed by atoms with Crippen molar-refractivity contribution in [2.45, 2.75) is 6.54 Å². The van der Waals surface area contributed by atoms with Gasteiger partial charge in [0.05, 0.1) is 42.3 Å². The van der Waals surface area contributed by atoms with Gasteiger partial charge in [-0.1, -0.05) is 6.07 Å². The minimum atomic E-state index is -1.26. The SMILES string of the molecule is N#Cc1ccc2c(c1)c(-c1ccc(CN3CCOCC3)cn1)cn2O.O=C(O)C=CC(=O)O. The molecule has 0 amide bonds. The highest BCUT2D eigenvalue weighted by Gasteiger charge is 2.14. The number of morpholine rings is 1. The van der Waals surface area contributed by atoms with Crippen molar-refractivity contribution in [3.8, 4) is 17.3 Å². The number of hydrogen-bond acceptors (Lipinski definition) is 7. The van der Waals surface area contributed by atoms with Gasteiger partial charge in [-0.15, -0.1) is 0 Å². The molecule has 1 aromatic carbocycles. The summed E-state index contributed by atoms with van der Waals surface area (Å²) < 4.78 is 6.45. The van der Waals surface area contributed by atoms with E-state index in [0.29, 0.717) is 23.2 Å². The number of aliphatic carboxylic acids is 2. The molecule has 4 rings (SSSR count). The smallest absolute Gasteiger partial charge is 0.328 e. The number of ether oxygens (including phenoxy) is 1. The summed E-state index contributed by atoms with van der Waals surface area (Å²) >= 11 is 0. The average Bonchev–Trinajstić information content (AvgIpc) is 3.15. The number of benzene rings is 1. The summed E-state index contributed by atoms with van der Waals surface area (Å²) in [5, 5.41) is 35.6. The third kappa shape index (κ3) is 6.39. The van der Waals surface area contributed by atoms with Crippen LogP contribution in [0.5, 0.6) is 0 Å². The fourth-order valence-electron chi connectivity index (χ4n) is 3.32. The number of hydrogen-bond donors (Lipinski definition) is 3. The van der Waals surface area contributed by atoms with E-state index in [1.807, 2.05) is 12.3 Å². The maximum Gasteiger partial charge on any atom is 0.328 e. The van der Waals surface area contributed by atoms with Crippen molar-refractivity contribution in [3.05, 3.63) is 66.0 Å². The number of nitriles is 1. The van der Waals surface area contributed by atoms with Gasteiger partial charge >= 0.3 is 11.9 Å². The molecule has 1 aliphatic heterocycles. The van der Waals surface area contributed by atoms with Crippen LogP contribution in [0.2, 0.25) is 0 Å². The molecular weight excluding hydrogens is 428 g/mol. The van der Waals surface area contributed by atoms with Crippen molar-refractivity contribution in [1.29, 1.82) is 5.26 Å². The number of carbonyl (C=O) groups is 2. The Morgan fingerprint density at radius 1 is 1.12 bits per heavy atom. The largest absolute Gasteiger partial charge is 0.478 e. The van der Waals surface area contributed by atoms with Crippen molar-refractivity contribution in [2.75, 3.05) is 26.3 Å². The van der Waals surface area contributed by atoms with E-state index >= 15 is 0 Å². The summed E-state index contributed by atoms with van der Waals surface area (Å²) in [5.74, 6) is -2.51. The van der Waals surface area contributed by atoms with Crippen LogP contribution in [0.3, 0.4) is 0 Å². The molecule has 0 unspecified atom stereocenters. The zero-order valence-corrected chi connectivity index (χ0v) is 17.6. The highest BCUT2D eigenvalue weighted by Crippen LogP contribution is 2.29. The van der Waals surface area contributed by atoms with Crippen molar-refractivity contribution in [1.82, 2.24) is 14.6 Å². The third-order valence-electron chi connectivity index (χ3n) is 4.89. The number of fused-ring (bicyclic) bond motifs is 1. The quantitative estimate of drug-likeness (QED) is 0.393. The Morgan fingerprint density at radius 3 is 2.39 bits per heavy atom. The monoisotopic (exact) mass is 450 g/mol. The van der Waals surface area contributed by atoms with Crippen LogP contribution in [0.25, 0.3) is 22.2 Å². The molecule has 33 heavy (non-hydrogen) atoms. The van der Waals surface area contributed by atoms with Gasteiger partial charge in [0.1, 0.15) is 0 Å². The molecule has 10 heteroatoms. The second-order valence-electron chi connectivity index (χ2n) is 7.18. The summed E-state index contributed by atoms with van der Waals surface area (Å²) in [6.45, 7) is 4.30. The Morgan fingerprint density at radius 2 is 1.82 bits per heavy atom. The second kappa shape index (κ2) is 10.9. The van der Waals surface area contributed by atoms with Crippen molar-refractivity contribution >= 4 is 22.8 Å². The lowest BCUT2D eigenvalue weighted by molar-refractivity contribution is -0.134. The van der Waals surface area contributed by atoms with Crippen molar-refractivity contribution in [2.24, 2.45) is 0 Å². The zero-order valence-electron chi connectivity index (χ0n) is 17.6. The third-order valence-corrected chi connectivity index (χ3v) is 4.89. The van der Waals surface area contributed by atoms with Crippen LogP contribution in [0.15, 0.2) is 54.9 Å². The Kier molecular flexibility index (Phi) is 7.75. The molecule has 1 aliphatic rings. The lowest BCUT2D eigenvalue weighted by Crippen LogP contribution is -2.35. The van der Waals surface area contributed by atoms with Crippen molar-refractivity contribution < 1.29 is 29.7 Å². The molecule has 0 atom stereocenters. The molecule has 0 aliphatic carbocycles. The van der Waals surface area contributed by atoms with E-state index in [4.69, 9.17) is 20.2 Å². The fraction of sp³-hybridized carbons (Fsp3) is 0.217. The van der Waals surface area contributed by atoms with E-state index in [1.54, 1.807) is 24.4 Å². The molecule has 1 fully saturated rings. The maximum atomic E-state index is 10.1. The van der Waals surface area contributed by atoms with Gasteiger partial charge in [-0.25, -0.2) is 9.59 Å². The molecule has 0 saturated carbocycles. The zero-order chi connectivity index (χ0) is 23.8. The van der Waals surface area contributed by atoms with Crippen LogP contribution in [0.4, 0.5) is 0 Å². The lowest BCUT2D eigenvalue weighted by Gasteiger charge is -2.26. The first-order valence-electron chi connectivity index (χ1n) is 10.0. The van der Waals surface area contributed by atoms with Gasteiger partial charge in [0, 0.05) is 48.9 Å². The van der Waals surface area contributed by atoms with Crippen LogP contribution >= 0.6 is 0 Å². The standard InChI is InChI=1S/C19H18N4O2.C4H4O4/c20-10-14-2-4-19-16(9-14)17(13-23(19)24)18-3-1-15(11-21-18)12-22-5-7-25-8-6-22;5-3(6)1-2-4(7)8/h1-4,9,11,13,24H,5-8,12H2;1-2H,(H,5,6)(H,7,8). The van der Waals surface area contributed by atoms with E-state index in [9.17, 15) is 14.8 Å². The highest BCUT2D eigenvalue weighted by atomic mass is 16.5. The number of carboxylic acid groups (broad SMARTS) is 2. The molecule has 3 aromatic rings. The normalized spacial score (nSPS) is 13.9. The van der Waals surface area contributed by atoms with Crippen molar-refractivity contribution in [3.63, 3.8) is 0 Å². The summed E-state index contributed by atoms with van der Waals surface area (Å²) in [5.41, 5.74) is 3.96. The number of aromatic nitrogens is 2. The van der Waals surface area contributed by atoms with Gasteiger partial charge in [0.15, 0.2) is 0 Å². The molecule has 3 heterocycles. The number of carboxylic acids is 2. The number of rotatable bonds is 5. The Balaban J connectivity index is 0.000000331. The molecule has 3 N–H and O–H groups in total. The first-order valence-corrected chi connectivity index (χ1v) is 10.0. The van der Waals surface area contributed by atoms with E-state index in [-0.39, 0.29) is 0 Å². The second-order valence-corrected chi connectivity index (χ2v) is 7.18. The Hall–Kier alpha value is -4.20. The van der Waals surface area contributed by atoms with Crippen LogP contribution in [-0.2, 0) is 20.9 Å². The molecule has 0 bridgehead atoms. The molecular formula is C23H22N4O6. The summed E-state index contributed by atoms with van der Waals surface area (Å²) in [6.07, 6.45) is 4.62. The van der Waals surface area contributed by atoms with Gasteiger partial charge < -0.3 is 20.2 Å². The van der Waals surface area contributed by atoms with Gasteiger partial charge in [-0.2, -0.15) is 9.99 Å².